The fourth-order valence-corrected chi connectivity index (χ4v) is 1.48. The number of carboxylic acids is 1. The molecule has 1 saturated heterocycles. The Balaban J connectivity index is 2.20. The molecule has 0 aromatic rings. The fourth-order valence-electron chi connectivity index (χ4n) is 1.48. The molecule has 2 atom stereocenters. The van der Waals surface area contributed by atoms with E-state index in [0.29, 0.717) is 26.2 Å². The van der Waals surface area contributed by atoms with Gasteiger partial charge in [-0.2, -0.15) is 0 Å². The van der Waals surface area contributed by atoms with Crippen molar-refractivity contribution in [2.45, 2.75) is 18.6 Å². The number of morpholine rings is 1. The van der Waals surface area contributed by atoms with E-state index >= 15 is 0 Å². The third-order valence-corrected chi connectivity index (χ3v) is 2.54. The SMILES string of the molecule is NC(C(=O)O)C(O)CCN1CCOCC1. The Bertz CT molecular complexity index is 206. The summed E-state index contributed by atoms with van der Waals surface area (Å²) in [6.07, 6.45) is -0.599. The monoisotopic (exact) mass is 218 g/mol. The van der Waals surface area contributed by atoms with Gasteiger partial charge in [0.1, 0.15) is 6.04 Å². The van der Waals surface area contributed by atoms with Crippen LogP contribution in [0.25, 0.3) is 0 Å². The molecule has 0 aliphatic carbocycles. The van der Waals surface area contributed by atoms with Gasteiger partial charge in [-0.05, 0) is 6.42 Å². The smallest absolute Gasteiger partial charge is 0.323 e. The second-order valence-corrected chi connectivity index (χ2v) is 3.67. The van der Waals surface area contributed by atoms with Gasteiger partial charge in [-0.3, -0.25) is 9.69 Å². The summed E-state index contributed by atoms with van der Waals surface area (Å²) in [7, 11) is 0. The van der Waals surface area contributed by atoms with Crippen LogP contribution in [0.2, 0.25) is 0 Å². The van der Waals surface area contributed by atoms with Crippen molar-refractivity contribution in [1.29, 1.82) is 0 Å². The first-order valence-electron chi connectivity index (χ1n) is 5.08. The molecular weight excluding hydrogens is 200 g/mol. The molecule has 2 unspecified atom stereocenters. The van der Waals surface area contributed by atoms with Gasteiger partial charge in [0, 0.05) is 19.6 Å². The predicted molar refractivity (Wildman–Crippen MR) is 53.5 cm³/mol. The van der Waals surface area contributed by atoms with E-state index in [9.17, 15) is 9.90 Å². The highest BCUT2D eigenvalue weighted by molar-refractivity contribution is 5.73. The topological polar surface area (TPSA) is 96.0 Å². The Morgan fingerprint density at radius 2 is 2.07 bits per heavy atom. The first-order chi connectivity index (χ1) is 7.11. The van der Waals surface area contributed by atoms with Gasteiger partial charge >= 0.3 is 5.97 Å². The molecule has 0 aromatic heterocycles. The molecule has 0 aromatic carbocycles. The molecule has 1 rings (SSSR count). The van der Waals surface area contributed by atoms with Crippen LogP contribution in [0.4, 0.5) is 0 Å². The van der Waals surface area contributed by atoms with Crippen molar-refractivity contribution in [3.63, 3.8) is 0 Å². The van der Waals surface area contributed by atoms with Gasteiger partial charge in [-0.1, -0.05) is 0 Å². The quantitative estimate of drug-likeness (QED) is 0.519. The largest absolute Gasteiger partial charge is 0.480 e. The van der Waals surface area contributed by atoms with Crippen molar-refractivity contribution in [3.8, 4) is 0 Å². The first kappa shape index (κ1) is 12.4. The number of nitrogens with zero attached hydrogens (tertiary/aromatic N) is 1. The Kier molecular flexibility index (Phi) is 4.97. The second kappa shape index (κ2) is 6.02. The lowest BCUT2D eigenvalue weighted by molar-refractivity contribution is -0.141. The number of aliphatic hydroxyl groups excluding tert-OH is 1. The highest BCUT2D eigenvalue weighted by atomic mass is 16.5. The fraction of sp³-hybridized carbons (Fsp3) is 0.889. The van der Waals surface area contributed by atoms with E-state index in [-0.39, 0.29) is 0 Å². The van der Waals surface area contributed by atoms with Gasteiger partial charge in [0.15, 0.2) is 0 Å². The lowest BCUT2D eigenvalue weighted by atomic mass is 10.1. The molecule has 88 valence electrons. The lowest BCUT2D eigenvalue weighted by Gasteiger charge is -2.27. The van der Waals surface area contributed by atoms with E-state index in [2.05, 4.69) is 4.90 Å². The molecule has 15 heavy (non-hydrogen) atoms. The molecule has 0 amide bonds. The molecule has 1 aliphatic rings. The van der Waals surface area contributed by atoms with Gasteiger partial charge in [-0.15, -0.1) is 0 Å². The number of carboxylic acid groups (broad SMARTS) is 1. The Labute approximate surface area is 88.6 Å². The molecule has 1 fully saturated rings. The molecule has 0 radical (unpaired) electrons. The highest BCUT2D eigenvalue weighted by Gasteiger charge is 2.22. The van der Waals surface area contributed by atoms with Gasteiger partial charge in [0.05, 0.1) is 19.3 Å². The van der Waals surface area contributed by atoms with E-state index in [1.807, 2.05) is 0 Å². The van der Waals surface area contributed by atoms with Crippen molar-refractivity contribution in [2.75, 3.05) is 32.8 Å². The standard InChI is InChI=1S/C9H18N2O4/c10-8(9(13)14)7(12)1-2-11-3-5-15-6-4-11/h7-8,12H,1-6,10H2,(H,13,14). The zero-order chi connectivity index (χ0) is 11.3. The van der Waals surface area contributed by atoms with Gasteiger partial charge in [0.2, 0.25) is 0 Å². The van der Waals surface area contributed by atoms with Crippen molar-refractivity contribution in [3.05, 3.63) is 0 Å². The minimum absolute atomic E-state index is 0.382. The maximum Gasteiger partial charge on any atom is 0.323 e. The normalized spacial score (nSPS) is 22.3. The molecule has 6 nitrogen and oxygen atoms in total. The minimum atomic E-state index is -1.19. The molecule has 1 heterocycles. The molecular formula is C9H18N2O4. The maximum absolute atomic E-state index is 10.5. The van der Waals surface area contributed by atoms with Gasteiger partial charge in [-0.25, -0.2) is 0 Å². The van der Waals surface area contributed by atoms with Gasteiger partial charge < -0.3 is 20.7 Å². The summed E-state index contributed by atoms with van der Waals surface area (Å²) < 4.78 is 5.17. The summed E-state index contributed by atoms with van der Waals surface area (Å²) in [6, 6.07) is -1.19. The van der Waals surface area contributed by atoms with Crippen molar-refractivity contribution < 1.29 is 19.7 Å². The number of hydrogen-bond acceptors (Lipinski definition) is 5. The third kappa shape index (κ3) is 4.13. The van der Waals surface area contributed by atoms with Crippen LogP contribution >= 0.6 is 0 Å². The summed E-state index contributed by atoms with van der Waals surface area (Å²) in [5, 5.41) is 18.0. The molecule has 4 N–H and O–H groups in total. The molecule has 0 saturated carbocycles. The Morgan fingerprint density at radius 3 is 2.60 bits per heavy atom. The highest BCUT2D eigenvalue weighted by Crippen LogP contribution is 2.02. The molecule has 1 aliphatic heterocycles. The van der Waals surface area contributed by atoms with E-state index in [1.54, 1.807) is 0 Å². The Hall–Kier alpha value is -0.690. The Morgan fingerprint density at radius 1 is 1.47 bits per heavy atom. The van der Waals surface area contributed by atoms with Gasteiger partial charge in [0.25, 0.3) is 0 Å². The minimum Gasteiger partial charge on any atom is -0.480 e. The zero-order valence-corrected chi connectivity index (χ0v) is 8.63. The number of aliphatic carboxylic acids is 1. The van der Waals surface area contributed by atoms with E-state index in [0.717, 1.165) is 13.1 Å². The molecule has 0 bridgehead atoms. The number of nitrogens with two attached hydrogens (primary N) is 1. The summed E-state index contributed by atoms with van der Waals surface area (Å²) in [5.41, 5.74) is 5.28. The van der Waals surface area contributed by atoms with Crippen LogP contribution in [0.5, 0.6) is 0 Å². The van der Waals surface area contributed by atoms with Crippen LogP contribution in [-0.2, 0) is 9.53 Å². The predicted octanol–water partition coefficient (Wildman–Crippen LogP) is -1.52. The zero-order valence-electron chi connectivity index (χ0n) is 8.63. The lowest BCUT2D eigenvalue weighted by Crippen LogP contribution is -2.44. The molecule has 0 spiro atoms. The van der Waals surface area contributed by atoms with E-state index in [1.165, 1.54) is 0 Å². The summed E-state index contributed by atoms with van der Waals surface area (Å²) in [6.45, 7) is 3.71. The van der Waals surface area contributed by atoms with Crippen molar-refractivity contribution >= 4 is 5.97 Å². The third-order valence-electron chi connectivity index (χ3n) is 2.54. The van der Waals surface area contributed by atoms with Crippen LogP contribution in [0.1, 0.15) is 6.42 Å². The van der Waals surface area contributed by atoms with Crippen LogP contribution in [0.15, 0.2) is 0 Å². The van der Waals surface area contributed by atoms with E-state index < -0.39 is 18.1 Å². The summed E-state index contributed by atoms with van der Waals surface area (Å²) in [5.74, 6) is -1.16. The van der Waals surface area contributed by atoms with Crippen LogP contribution in [0, 0.1) is 0 Å². The number of hydrogen-bond donors (Lipinski definition) is 3. The van der Waals surface area contributed by atoms with Crippen LogP contribution < -0.4 is 5.73 Å². The van der Waals surface area contributed by atoms with Crippen LogP contribution in [0.3, 0.4) is 0 Å². The number of carbonyl (C=O) groups is 1. The summed E-state index contributed by atoms with van der Waals surface area (Å²) >= 11 is 0. The number of rotatable bonds is 5. The average Bonchev–Trinajstić information content (AvgIpc) is 2.26. The first-order valence-corrected chi connectivity index (χ1v) is 5.08. The van der Waals surface area contributed by atoms with Crippen molar-refractivity contribution in [1.82, 2.24) is 4.90 Å². The second-order valence-electron chi connectivity index (χ2n) is 3.67. The summed E-state index contributed by atoms with van der Waals surface area (Å²) in [4.78, 5) is 12.6. The number of aliphatic hydroxyl groups is 1. The van der Waals surface area contributed by atoms with Crippen molar-refractivity contribution in [2.24, 2.45) is 5.73 Å². The molecule has 6 heteroatoms. The van der Waals surface area contributed by atoms with Crippen LogP contribution in [-0.4, -0.2) is 66.1 Å². The van der Waals surface area contributed by atoms with E-state index in [4.69, 9.17) is 15.6 Å². The number of ether oxygens (including phenoxy) is 1. The maximum atomic E-state index is 10.5. The average molecular weight is 218 g/mol.